The summed E-state index contributed by atoms with van der Waals surface area (Å²) in [5.41, 5.74) is 0.641. The second-order valence-corrected chi connectivity index (χ2v) is 4.48. The Morgan fingerprint density at radius 2 is 1.76 bits per heavy atom. The van der Waals surface area contributed by atoms with Gasteiger partial charge in [0.05, 0.1) is 6.10 Å². The molecule has 0 heterocycles. The van der Waals surface area contributed by atoms with Crippen LogP contribution in [-0.2, 0) is 6.42 Å². The molecular weight excluding hydrogens is 285 g/mol. The van der Waals surface area contributed by atoms with Gasteiger partial charge in [-0.3, -0.25) is 0 Å². The Kier molecular flexibility index (Phi) is 4.37. The number of hydrogen-bond acceptors (Lipinski definition) is 3. The number of alkyl halides is 3. The third kappa shape index (κ3) is 4.39. The van der Waals surface area contributed by atoms with Crippen LogP contribution in [0.3, 0.4) is 0 Å². The molecule has 0 bridgehead atoms. The number of aliphatic hydroxyl groups excluding tert-OH is 1. The standard InChI is InChI=1S/C15H13F3O3/c16-15(17,18)21-14-7-2-1-6-12(14)13(20)9-10-4-3-5-11(19)8-10/h1-8,13,19-20H,9H2. The van der Waals surface area contributed by atoms with Crippen LogP contribution in [-0.4, -0.2) is 16.6 Å². The van der Waals surface area contributed by atoms with Gasteiger partial charge >= 0.3 is 6.36 Å². The monoisotopic (exact) mass is 298 g/mol. The molecule has 0 radical (unpaired) electrons. The Hall–Kier alpha value is -2.21. The van der Waals surface area contributed by atoms with Crippen LogP contribution in [0.25, 0.3) is 0 Å². The van der Waals surface area contributed by atoms with Crippen LogP contribution in [0.1, 0.15) is 17.2 Å². The van der Waals surface area contributed by atoms with Crippen LogP contribution < -0.4 is 4.74 Å². The first-order chi connectivity index (χ1) is 9.85. The third-order valence-electron chi connectivity index (χ3n) is 2.84. The van der Waals surface area contributed by atoms with E-state index in [1.165, 1.54) is 30.3 Å². The zero-order valence-corrected chi connectivity index (χ0v) is 10.8. The Balaban J connectivity index is 2.21. The summed E-state index contributed by atoms with van der Waals surface area (Å²) >= 11 is 0. The number of phenolic OH excluding ortho intramolecular Hbond substituents is 1. The number of ether oxygens (including phenoxy) is 1. The Bertz CT molecular complexity index is 611. The predicted octanol–water partition coefficient (Wildman–Crippen LogP) is 3.57. The highest BCUT2D eigenvalue weighted by atomic mass is 19.4. The molecular formula is C15H13F3O3. The summed E-state index contributed by atoms with van der Waals surface area (Å²) in [5.74, 6) is -0.405. The van der Waals surface area contributed by atoms with Crippen LogP contribution in [0.15, 0.2) is 48.5 Å². The summed E-state index contributed by atoms with van der Waals surface area (Å²) in [6, 6.07) is 11.6. The highest BCUT2D eigenvalue weighted by molar-refractivity contribution is 5.37. The van der Waals surface area contributed by atoms with Crippen molar-refractivity contribution in [3.63, 3.8) is 0 Å². The Morgan fingerprint density at radius 3 is 2.43 bits per heavy atom. The first kappa shape index (κ1) is 15.2. The van der Waals surface area contributed by atoms with Crippen molar-refractivity contribution in [2.24, 2.45) is 0 Å². The van der Waals surface area contributed by atoms with Crippen molar-refractivity contribution in [1.29, 1.82) is 0 Å². The van der Waals surface area contributed by atoms with E-state index in [0.29, 0.717) is 5.56 Å². The molecule has 3 nitrogen and oxygen atoms in total. The minimum absolute atomic E-state index is 0.0273. The van der Waals surface area contributed by atoms with E-state index in [1.807, 2.05) is 0 Å². The molecule has 1 unspecified atom stereocenters. The minimum atomic E-state index is -4.82. The molecule has 112 valence electrons. The van der Waals surface area contributed by atoms with Crippen LogP contribution >= 0.6 is 0 Å². The van der Waals surface area contributed by atoms with E-state index in [9.17, 15) is 23.4 Å². The molecule has 0 fully saturated rings. The second-order valence-electron chi connectivity index (χ2n) is 4.48. The topological polar surface area (TPSA) is 49.7 Å². The summed E-state index contributed by atoms with van der Waals surface area (Å²) in [6.07, 6.45) is -5.93. The maximum Gasteiger partial charge on any atom is 0.573 e. The molecule has 2 aromatic carbocycles. The average molecular weight is 298 g/mol. The van der Waals surface area contributed by atoms with Gasteiger partial charge in [0.1, 0.15) is 11.5 Å². The molecule has 2 aromatic rings. The first-order valence-corrected chi connectivity index (χ1v) is 6.16. The number of aromatic hydroxyl groups is 1. The van der Waals surface area contributed by atoms with Gasteiger partial charge in [-0.2, -0.15) is 0 Å². The minimum Gasteiger partial charge on any atom is -0.508 e. The highest BCUT2D eigenvalue weighted by Crippen LogP contribution is 2.32. The maximum atomic E-state index is 12.3. The van der Waals surface area contributed by atoms with E-state index >= 15 is 0 Å². The van der Waals surface area contributed by atoms with Gasteiger partial charge in [-0.15, -0.1) is 13.2 Å². The fourth-order valence-electron chi connectivity index (χ4n) is 1.99. The molecule has 0 spiro atoms. The summed E-state index contributed by atoms with van der Waals surface area (Å²) < 4.78 is 40.9. The van der Waals surface area contributed by atoms with Gasteiger partial charge in [-0.25, -0.2) is 0 Å². The van der Waals surface area contributed by atoms with E-state index in [2.05, 4.69) is 4.74 Å². The van der Waals surface area contributed by atoms with Crippen LogP contribution in [0.5, 0.6) is 11.5 Å². The van der Waals surface area contributed by atoms with E-state index in [1.54, 1.807) is 12.1 Å². The normalized spacial score (nSPS) is 13.0. The molecule has 2 rings (SSSR count). The summed E-state index contributed by atoms with van der Waals surface area (Å²) in [6.45, 7) is 0. The number of benzene rings is 2. The van der Waals surface area contributed by atoms with E-state index in [4.69, 9.17) is 0 Å². The van der Waals surface area contributed by atoms with Gasteiger partial charge in [-0.05, 0) is 23.8 Å². The number of aliphatic hydroxyl groups is 1. The SMILES string of the molecule is Oc1cccc(CC(O)c2ccccc2OC(F)(F)F)c1. The van der Waals surface area contributed by atoms with Crippen molar-refractivity contribution in [3.05, 3.63) is 59.7 Å². The quantitative estimate of drug-likeness (QED) is 0.907. The Morgan fingerprint density at radius 1 is 1.05 bits per heavy atom. The van der Waals surface area contributed by atoms with E-state index in [-0.39, 0.29) is 17.7 Å². The number of para-hydroxylation sites is 1. The molecule has 21 heavy (non-hydrogen) atoms. The molecule has 0 saturated heterocycles. The molecule has 0 aromatic heterocycles. The van der Waals surface area contributed by atoms with Crippen molar-refractivity contribution in [3.8, 4) is 11.5 Å². The molecule has 0 saturated carbocycles. The molecule has 1 atom stereocenters. The largest absolute Gasteiger partial charge is 0.573 e. The highest BCUT2D eigenvalue weighted by Gasteiger charge is 2.32. The number of halogens is 3. The molecule has 0 aliphatic carbocycles. The number of phenols is 1. The van der Waals surface area contributed by atoms with Crippen molar-refractivity contribution in [2.45, 2.75) is 18.9 Å². The molecule has 0 aliphatic heterocycles. The van der Waals surface area contributed by atoms with Gasteiger partial charge < -0.3 is 14.9 Å². The molecule has 0 amide bonds. The molecule has 0 aliphatic rings. The lowest BCUT2D eigenvalue weighted by molar-refractivity contribution is -0.275. The summed E-state index contributed by atoms with van der Waals surface area (Å²) in [5, 5.41) is 19.5. The fraction of sp³-hybridized carbons (Fsp3) is 0.200. The van der Waals surface area contributed by atoms with Crippen LogP contribution in [0, 0.1) is 0 Å². The lowest BCUT2D eigenvalue weighted by atomic mass is 10.0. The van der Waals surface area contributed by atoms with Crippen LogP contribution in [0.2, 0.25) is 0 Å². The lowest BCUT2D eigenvalue weighted by Gasteiger charge is -2.17. The molecule has 2 N–H and O–H groups in total. The maximum absolute atomic E-state index is 12.3. The summed E-state index contributed by atoms with van der Waals surface area (Å²) in [7, 11) is 0. The van der Waals surface area contributed by atoms with Gasteiger partial charge in [0.15, 0.2) is 0 Å². The van der Waals surface area contributed by atoms with Crippen molar-refractivity contribution >= 4 is 0 Å². The number of hydrogen-bond donors (Lipinski definition) is 2. The lowest BCUT2D eigenvalue weighted by Crippen LogP contribution is -2.19. The van der Waals surface area contributed by atoms with Gasteiger partial charge in [0.2, 0.25) is 0 Å². The van der Waals surface area contributed by atoms with Gasteiger partial charge in [0, 0.05) is 12.0 Å². The number of rotatable bonds is 4. The third-order valence-corrected chi connectivity index (χ3v) is 2.84. The second kappa shape index (κ2) is 6.05. The van der Waals surface area contributed by atoms with Crippen LogP contribution in [0.4, 0.5) is 13.2 Å². The first-order valence-electron chi connectivity index (χ1n) is 6.16. The van der Waals surface area contributed by atoms with E-state index < -0.39 is 18.2 Å². The van der Waals surface area contributed by atoms with E-state index in [0.717, 1.165) is 6.07 Å². The zero-order chi connectivity index (χ0) is 15.5. The Labute approximate surface area is 119 Å². The predicted molar refractivity (Wildman–Crippen MR) is 69.9 cm³/mol. The van der Waals surface area contributed by atoms with Gasteiger partial charge in [-0.1, -0.05) is 30.3 Å². The van der Waals surface area contributed by atoms with Gasteiger partial charge in [0.25, 0.3) is 0 Å². The zero-order valence-electron chi connectivity index (χ0n) is 10.8. The average Bonchev–Trinajstić information content (AvgIpc) is 2.37. The summed E-state index contributed by atoms with van der Waals surface area (Å²) in [4.78, 5) is 0. The van der Waals surface area contributed by atoms with Crippen molar-refractivity contribution in [2.75, 3.05) is 0 Å². The fourth-order valence-corrected chi connectivity index (χ4v) is 1.99. The molecule has 6 heteroatoms. The van der Waals surface area contributed by atoms with Crippen molar-refractivity contribution < 1.29 is 28.1 Å². The van der Waals surface area contributed by atoms with Crippen molar-refractivity contribution in [1.82, 2.24) is 0 Å². The smallest absolute Gasteiger partial charge is 0.508 e.